The van der Waals surface area contributed by atoms with E-state index in [0.29, 0.717) is 11.0 Å². The topological polar surface area (TPSA) is 49.3 Å². The number of hydrogen-bond donors (Lipinski definition) is 2. The summed E-state index contributed by atoms with van der Waals surface area (Å²) in [4.78, 5) is 11.0. The van der Waals surface area contributed by atoms with Crippen molar-refractivity contribution < 1.29 is 9.90 Å². The first kappa shape index (κ1) is 11.0. The van der Waals surface area contributed by atoms with E-state index in [2.05, 4.69) is 12.2 Å². The molecule has 1 saturated carbocycles. The van der Waals surface area contributed by atoms with E-state index in [1.54, 1.807) is 6.07 Å². The second-order valence-electron chi connectivity index (χ2n) is 5.02. The van der Waals surface area contributed by atoms with Crippen LogP contribution in [0.3, 0.4) is 0 Å². The highest BCUT2D eigenvalue weighted by Gasteiger charge is 2.36. The Labute approximate surface area is 95.5 Å². The van der Waals surface area contributed by atoms with Gasteiger partial charge in [-0.25, -0.2) is 4.79 Å². The third-order valence-electron chi connectivity index (χ3n) is 3.21. The summed E-state index contributed by atoms with van der Waals surface area (Å²) in [5, 5.41) is 12.3. The Kier molecular flexibility index (Phi) is 2.62. The zero-order valence-electron chi connectivity index (χ0n) is 9.71. The van der Waals surface area contributed by atoms with Crippen LogP contribution in [0.15, 0.2) is 18.2 Å². The molecule has 3 nitrogen and oxygen atoms in total. The Bertz CT molecular complexity index is 422. The molecule has 1 aliphatic rings. The van der Waals surface area contributed by atoms with Gasteiger partial charge in [0.1, 0.15) is 0 Å². The summed E-state index contributed by atoms with van der Waals surface area (Å²) in [5.41, 5.74) is 2.54. The first-order valence-corrected chi connectivity index (χ1v) is 5.58. The lowest BCUT2D eigenvalue weighted by Gasteiger charge is -2.14. The molecular formula is C13H17NO2. The second kappa shape index (κ2) is 3.81. The molecule has 0 saturated heterocycles. The molecule has 3 heteroatoms. The van der Waals surface area contributed by atoms with E-state index in [0.717, 1.165) is 17.8 Å². The van der Waals surface area contributed by atoms with Gasteiger partial charge in [0.05, 0.1) is 5.56 Å². The van der Waals surface area contributed by atoms with Crippen molar-refractivity contribution in [3.63, 3.8) is 0 Å². The van der Waals surface area contributed by atoms with Gasteiger partial charge in [0, 0.05) is 12.2 Å². The van der Waals surface area contributed by atoms with Gasteiger partial charge in [0.2, 0.25) is 0 Å². The number of rotatable bonds is 4. The van der Waals surface area contributed by atoms with Crippen LogP contribution >= 0.6 is 0 Å². The molecular weight excluding hydrogens is 202 g/mol. The van der Waals surface area contributed by atoms with Gasteiger partial charge in [-0.3, -0.25) is 0 Å². The molecule has 2 rings (SSSR count). The molecule has 0 atom stereocenters. The number of aromatic carboxylic acids is 1. The summed E-state index contributed by atoms with van der Waals surface area (Å²) in [7, 11) is 0. The predicted molar refractivity (Wildman–Crippen MR) is 64.0 cm³/mol. The number of anilines is 1. The molecule has 1 aromatic carbocycles. The molecule has 0 spiro atoms. The van der Waals surface area contributed by atoms with E-state index >= 15 is 0 Å². The Morgan fingerprint density at radius 1 is 1.50 bits per heavy atom. The lowest BCUT2D eigenvalue weighted by molar-refractivity contribution is 0.0698. The predicted octanol–water partition coefficient (Wildman–Crippen LogP) is 2.91. The Balaban J connectivity index is 2.16. The summed E-state index contributed by atoms with van der Waals surface area (Å²) in [6, 6.07) is 5.39. The zero-order chi connectivity index (χ0) is 11.8. The first-order chi connectivity index (χ1) is 7.50. The quantitative estimate of drug-likeness (QED) is 0.818. The first-order valence-electron chi connectivity index (χ1n) is 5.58. The third-order valence-corrected chi connectivity index (χ3v) is 3.21. The molecule has 0 radical (unpaired) electrons. The normalized spacial score (nSPS) is 16.9. The number of carbonyl (C=O) groups is 1. The highest BCUT2D eigenvalue weighted by molar-refractivity contribution is 5.94. The van der Waals surface area contributed by atoms with E-state index < -0.39 is 5.97 Å². The van der Waals surface area contributed by atoms with Crippen LogP contribution in [-0.4, -0.2) is 17.6 Å². The highest BCUT2D eigenvalue weighted by atomic mass is 16.4. The second-order valence-corrected chi connectivity index (χ2v) is 5.02. The van der Waals surface area contributed by atoms with Gasteiger partial charge in [-0.2, -0.15) is 0 Å². The summed E-state index contributed by atoms with van der Waals surface area (Å²) in [6.45, 7) is 5.04. The minimum Gasteiger partial charge on any atom is -0.478 e. The molecule has 0 unspecified atom stereocenters. The maximum Gasteiger partial charge on any atom is 0.337 e. The van der Waals surface area contributed by atoms with Crippen LogP contribution in [0.2, 0.25) is 0 Å². The minimum atomic E-state index is -0.872. The Morgan fingerprint density at radius 3 is 2.75 bits per heavy atom. The molecule has 0 heterocycles. The fraction of sp³-hybridized carbons (Fsp3) is 0.462. The van der Waals surface area contributed by atoms with Crippen LogP contribution < -0.4 is 5.32 Å². The van der Waals surface area contributed by atoms with Crippen LogP contribution in [0.25, 0.3) is 0 Å². The number of aryl methyl sites for hydroxylation is 1. The molecule has 16 heavy (non-hydrogen) atoms. The van der Waals surface area contributed by atoms with Gasteiger partial charge in [-0.05, 0) is 42.9 Å². The molecule has 0 aliphatic heterocycles. The smallest absolute Gasteiger partial charge is 0.337 e. The van der Waals surface area contributed by atoms with Gasteiger partial charge in [-0.15, -0.1) is 0 Å². The van der Waals surface area contributed by atoms with Crippen molar-refractivity contribution in [1.29, 1.82) is 0 Å². The fourth-order valence-electron chi connectivity index (χ4n) is 1.69. The standard InChI is InChI=1S/C13H17NO2/c1-9-3-4-10(12(15)16)11(7-9)14-8-13(2)5-6-13/h3-4,7,14H,5-6,8H2,1-2H3,(H,15,16). The van der Waals surface area contributed by atoms with Gasteiger partial charge in [0.15, 0.2) is 0 Å². The summed E-state index contributed by atoms with van der Waals surface area (Å²) in [5.74, 6) is -0.872. The van der Waals surface area contributed by atoms with Crippen molar-refractivity contribution >= 4 is 11.7 Å². The minimum absolute atomic E-state index is 0.356. The average molecular weight is 219 g/mol. The van der Waals surface area contributed by atoms with Crippen molar-refractivity contribution in [2.75, 3.05) is 11.9 Å². The molecule has 0 amide bonds. The van der Waals surface area contributed by atoms with E-state index in [1.165, 1.54) is 12.8 Å². The summed E-state index contributed by atoms with van der Waals surface area (Å²) >= 11 is 0. The fourth-order valence-corrected chi connectivity index (χ4v) is 1.69. The number of carboxylic acids is 1. The maximum atomic E-state index is 11.0. The van der Waals surface area contributed by atoms with Crippen LogP contribution in [0.4, 0.5) is 5.69 Å². The third kappa shape index (κ3) is 2.35. The SMILES string of the molecule is Cc1ccc(C(=O)O)c(NCC2(C)CC2)c1. The van der Waals surface area contributed by atoms with E-state index in [9.17, 15) is 4.79 Å². The average Bonchev–Trinajstić information content (AvgIpc) is 2.94. The number of nitrogens with one attached hydrogen (secondary N) is 1. The lowest BCUT2D eigenvalue weighted by atomic mass is 10.1. The van der Waals surface area contributed by atoms with Crippen LogP contribution in [0.1, 0.15) is 35.7 Å². The summed E-state index contributed by atoms with van der Waals surface area (Å²) in [6.07, 6.45) is 2.46. The molecule has 0 aromatic heterocycles. The number of hydrogen-bond acceptors (Lipinski definition) is 2. The monoisotopic (exact) mass is 219 g/mol. The van der Waals surface area contributed by atoms with Crippen molar-refractivity contribution in [2.24, 2.45) is 5.41 Å². The van der Waals surface area contributed by atoms with Gasteiger partial charge < -0.3 is 10.4 Å². The Hall–Kier alpha value is -1.51. The van der Waals surface area contributed by atoms with Crippen molar-refractivity contribution in [3.8, 4) is 0 Å². The van der Waals surface area contributed by atoms with Gasteiger partial charge >= 0.3 is 5.97 Å². The molecule has 1 fully saturated rings. The largest absolute Gasteiger partial charge is 0.478 e. The number of carboxylic acid groups (broad SMARTS) is 1. The lowest BCUT2D eigenvalue weighted by Crippen LogP contribution is -2.14. The van der Waals surface area contributed by atoms with E-state index in [1.807, 2.05) is 19.1 Å². The van der Waals surface area contributed by atoms with Crippen LogP contribution in [-0.2, 0) is 0 Å². The number of benzene rings is 1. The van der Waals surface area contributed by atoms with Crippen molar-refractivity contribution in [2.45, 2.75) is 26.7 Å². The van der Waals surface area contributed by atoms with Gasteiger partial charge in [-0.1, -0.05) is 13.0 Å². The zero-order valence-corrected chi connectivity index (χ0v) is 9.71. The molecule has 1 aliphatic carbocycles. The van der Waals surface area contributed by atoms with Gasteiger partial charge in [0.25, 0.3) is 0 Å². The van der Waals surface area contributed by atoms with Crippen LogP contribution in [0, 0.1) is 12.3 Å². The molecule has 0 bridgehead atoms. The summed E-state index contributed by atoms with van der Waals surface area (Å²) < 4.78 is 0. The van der Waals surface area contributed by atoms with E-state index in [-0.39, 0.29) is 0 Å². The van der Waals surface area contributed by atoms with Crippen molar-refractivity contribution in [3.05, 3.63) is 29.3 Å². The maximum absolute atomic E-state index is 11.0. The Morgan fingerprint density at radius 2 is 2.19 bits per heavy atom. The van der Waals surface area contributed by atoms with Crippen molar-refractivity contribution in [1.82, 2.24) is 0 Å². The molecule has 86 valence electrons. The highest BCUT2D eigenvalue weighted by Crippen LogP contribution is 2.44. The van der Waals surface area contributed by atoms with Crippen LogP contribution in [0.5, 0.6) is 0 Å². The molecule has 2 N–H and O–H groups in total. The van der Waals surface area contributed by atoms with E-state index in [4.69, 9.17) is 5.11 Å². The molecule has 1 aromatic rings.